The fraction of sp³-hybridized carbons (Fsp3) is 0.579. The first-order chi connectivity index (χ1) is 12.6. The number of nitrogens with two attached hydrogens (primary N) is 1. The average Bonchev–Trinajstić information content (AvgIpc) is 2.67. The molecule has 0 amide bonds. The second-order valence-electron chi connectivity index (χ2n) is 7.23. The number of methoxy groups -OCH3 is 2. The zero-order valence-electron chi connectivity index (χ0n) is 15.7. The van der Waals surface area contributed by atoms with Crippen molar-refractivity contribution in [1.82, 2.24) is 14.9 Å². The van der Waals surface area contributed by atoms with E-state index in [1.54, 1.807) is 14.2 Å². The first kappa shape index (κ1) is 17.1. The molecule has 2 unspecified atom stereocenters. The molecule has 7 nitrogen and oxygen atoms in total. The smallest absolute Gasteiger partial charge is 0.228 e. The van der Waals surface area contributed by atoms with Crippen LogP contribution in [0.3, 0.4) is 0 Å². The van der Waals surface area contributed by atoms with E-state index in [2.05, 4.69) is 21.8 Å². The molecule has 1 saturated heterocycles. The number of likely N-dealkylation sites (N-methyl/N-ethyl adjacent to an activating group) is 1. The number of nitrogen functional groups attached to an aromatic ring is 1. The Hall–Kier alpha value is -2.28. The van der Waals surface area contributed by atoms with Crippen molar-refractivity contribution >= 4 is 22.7 Å². The topological polar surface area (TPSA) is 76.7 Å². The van der Waals surface area contributed by atoms with E-state index in [1.807, 2.05) is 12.1 Å². The lowest BCUT2D eigenvalue weighted by Gasteiger charge is -2.48. The molecule has 1 aromatic carbocycles. The number of anilines is 2. The lowest BCUT2D eigenvalue weighted by Crippen LogP contribution is -2.60. The van der Waals surface area contributed by atoms with Gasteiger partial charge in [-0.25, -0.2) is 4.98 Å². The number of fused-ring (bicyclic) bond motifs is 2. The van der Waals surface area contributed by atoms with Crippen LogP contribution in [-0.2, 0) is 0 Å². The fourth-order valence-electron chi connectivity index (χ4n) is 4.41. The van der Waals surface area contributed by atoms with Gasteiger partial charge in [0.05, 0.1) is 19.7 Å². The van der Waals surface area contributed by atoms with Gasteiger partial charge in [-0.05, 0) is 26.0 Å². The number of piperazine rings is 1. The molecule has 26 heavy (non-hydrogen) atoms. The second kappa shape index (κ2) is 6.79. The summed E-state index contributed by atoms with van der Waals surface area (Å²) >= 11 is 0. The third kappa shape index (κ3) is 2.80. The fourth-order valence-corrected chi connectivity index (χ4v) is 4.41. The third-order valence-electron chi connectivity index (χ3n) is 5.83. The van der Waals surface area contributed by atoms with Crippen LogP contribution in [0.15, 0.2) is 12.1 Å². The number of aromatic nitrogens is 2. The Morgan fingerprint density at radius 1 is 1.00 bits per heavy atom. The van der Waals surface area contributed by atoms with E-state index in [1.165, 1.54) is 25.7 Å². The molecule has 1 aliphatic heterocycles. The van der Waals surface area contributed by atoms with E-state index in [9.17, 15) is 0 Å². The number of rotatable bonds is 3. The molecular weight excluding hydrogens is 330 g/mol. The highest BCUT2D eigenvalue weighted by atomic mass is 16.5. The van der Waals surface area contributed by atoms with Crippen LogP contribution in [0.1, 0.15) is 25.7 Å². The summed E-state index contributed by atoms with van der Waals surface area (Å²) in [5, 5.41) is 0.792. The molecule has 7 heteroatoms. The number of ether oxygens (including phenoxy) is 2. The first-order valence-corrected chi connectivity index (χ1v) is 9.28. The van der Waals surface area contributed by atoms with E-state index < -0.39 is 0 Å². The van der Waals surface area contributed by atoms with Crippen LogP contribution in [0.25, 0.3) is 10.9 Å². The minimum Gasteiger partial charge on any atom is -0.493 e. The third-order valence-corrected chi connectivity index (χ3v) is 5.83. The summed E-state index contributed by atoms with van der Waals surface area (Å²) in [4.78, 5) is 14.3. The predicted molar refractivity (Wildman–Crippen MR) is 103 cm³/mol. The molecule has 2 aromatic rings. The molecule has 2 N–H and O–H groups in total. The molecule has 0 bridgehead atoms. The molecule has 1 saturated carbocycles. The van der Waals surface area contributed by atoms with Crippen LogP contribution in [-0.4, -0.2) is 61.3 Å². The van der Waals surface area contributed by atoms with Crippen LogP contribution in [0.5, 0.6) is 11.5 Å². The molecule has 0 spiro atoms. The van der Waals surface area contributed by atoms with Crippen molar-refractivity contribution in [2.45, 2.75) is 37.8 Å². The predicted octanol–water partition coefficient (Wildman–Crippen LogP) is 2.29. The Balaban J connectivity index is 1.76. The zero-order valence-corrected chi connectivity index (χ0v) is 15.7. The van der Waals surface area contributed by atoms with Crippen molar-refractivity contribution in [2.24, 2.45) is 0 Å². The van der Waals surface area contributed by atoms with Gasteiger partial charge in [0.15, 0.2) is 11.5 Å². The molecule has 4 rings (SSSR count). The standard InChI is InChI=1S/C19H27N5O2/c1-23-8-9-24(15-7-5-4-6-14(15)23)19-21-13-11-17(26-3)16(25-2)10-12(13)18(20)22-19/h10-11,14-15H,4-9H2,1-3H3,(H2,20,21,22). The maximum Gasteiger partial charge on any atom is 0.228 e. The number of benzene rings is 1. The van der Waals surface area contributed by atoms with Crippen molar-refractivity contribution in [3.8, 4) is 11.5 Å². The van der Waals surface area contributed by atoms with Gasteiger partial charge in [-0.1, -0.05) is 12.8 Å². The van der Waals surface area contributed by atoms with Crippen LogP contribution < -0.4 is 20.1 Å². The van der Waals surface area contributed by atoms with Gasteiger partial charge in [0.25, 0.3) is 0 Å². The Bertz CT molecular complexity index is 812. The second-order valence-corrected chi connectivity index (χ2v) is 7.23. The summed E-state index contributed by atoms with van der Waals surface area (Å²) < 4.78 is 10.8. The van der Waals surface area contributed by atoms with E-state index in [0.717, 1.165) is 29.9 Å². The molecule has 2 atom stereocenters. The molecule has 2 aliphatic rings. The van der Waals surface area contributed by atoms with Crippen LogP contribution in [0.4, 0.5) is 11.8 Å². The summed E-state index contributed by atoms with van der Waals surface area (Å²) in [7, 11) is 5.47. The van der Waals surface area contributed by atoms with Gasteiger partial charge in [-0.3, -0.25) is 4.90 Å². The highest BCUT2D eigenvalue weighted by molar-refractivity contribution is 5.91. The average molecular weight is 357 g/mol. The van der Waals surface area contributed by atoms with Crippen molar-refractivity contribution in [2.75, 3.05) is 45.0 Å². The molecule has 1 aromatic heterocycles. The minimum absolute atomic E-state index is 0.458. The summed E-state index contributed by atoms with van der Waals surface area (Å²) in [6, 6.07) is 4.76. The molecule has 1 aliphatic carbocycles. The van der Waals surface area contributed by atoms with Crippen molar-refractivity contribution < 1.29 is 9.47 Å². The highest BCUT2D eigenvalue weighted by Crippen LogP contribution is 2.36. The van der Waals surface area contributed by atoms with Crippen molar-refractivity contribution in [3.63, 3.8) is 0 Å². The van der Waals surface area contributed by atoms with Crippen molar-refractivity contribution in [3.05, 3.63) is 12.1 Å². The Morgan fingerprint density at radius 3 is 2.42 bits per heavy atom. The Morgan fingerprint density at radius 2 is 1.69 bits per heavy atom. The zero-order chi connectivity index (χ0) is 18.3. The summed E-state index contributed by atoms with van der Waals surface area (Å²) in [6.07, 6.45) is 4.99. The summed E-state index contributed by atoms with van der Waals surface area (Å²) in [5.41, 5.74) is 7.08. The Labute approximate surface area is 154 Å². The van der Waals surface area contributed by atoms with Gasteiger partial charge >= 0.3 is 0 Å². The number of hydrogen-bond acceptors (Lipinski definition) is 7. The monoisotopic (exact) mass is 357 g/mol. The molecule has 2 heterocycles. The van der Waals surface area contributed by atoms with E-state index in [4.69, 9.17) is 20.2 Å². The Kier molecular flexibility index (Phi) is 4.48. The van der Waals surface area contributed by atoms with Crippen LogP contribution >= 0.6 is 0 Å². The normalized spacial score (nSPS) is 23.7. The molecule has 2 fully saturated rings. The SMILES string of the molecule is COc1cc2nc(N3CCN(C)C4CCCCC43)nc(N)c2cc1OC. The van der Waals surface area contributed by atoms with E-state index in [-0.39, 0.29) is 0 Å². The first-order valence-electron chi connectivity index (χ1n) is 9.28. The maximum atomic E-state index is 6.29. The largest absolute Gasteiger partial charge is 0.493 e. The highest BCUT2D eigenvalue weighted by Gasteiger charge is 2.37. The van der Waals surface area contributed by atoms with Gasteiger partial charge in [-0.15, -0.1) is 0 Å². The lowest BCUT2D eigenvalue weighted by atomic mass is 9.87. The van der Waals surface area contributed by atoms with E-state index >= 15 is 0 Å². The number of hydrogen-bond donors (Lipinski definition) is 1. The molecule has 0 radical (unpaired) electrons. The summed E-state index contributed by atoms with van der Waals surface area (Å²) in [5.74, 6) is 2.50. The lowest BCUT2D eigenvalue weighted by molar-refractivity contribution is 0.134. The van der Waals surface area contributed by atoms with Gasteiger partial charge < -0.3 is 20.1 Å². The minimum atomic E-state index is 0.458. The number of nitrogens with zero attached hydrogens (tertiary/aromatic N) is 4. The van der Waals surface area contributed by atoms with Crippen molar-refractivity contribution in [1.29, 1.82) is 0 Å². The van der Waals surface area contributed by atoms with Gasteiger partial charge in [-0.2, -0.15) is 4.98 Å². The van der Waals surface area contributed by atoms with Gasteiger partial charge in [0.2, 0.25) is 5.95 Å². The quantitative estimate of drug-likeness (QED) is 0.903. The van der Waals surface area contributed by atoms with Crippen LogP contribution in [0, 0.1) is 0 Å². The van der Waals surface area contributed by atoms with E-state index in [0.29, 0.717) is 29.4 Å². The van der Waals surface area contributed by atoms with Gasteiger partial charge in [0, 0.05) is 36.6 Å². The molecule has 140 valence electrons. The molecular formula is C19H27N5O2. The van der Waals surface area contributed by atoms with Gasteiger partial charge in [0.1, 0.15) is 5.82 Å². The maximum absolute atomic E-state index is 6.29. The van der Waals surface area contributed by atoms with Crippen LogP contribution in [0.2, 0.25) is 0 Å². The summed E-state index contributed by atoms with van der Waals surface area (Å²) in [6.45, 7) is 1.95.